The van der Waals surface area contributed by atoms with Crippen LogP contribution in [0.3, 0.4) is 0 Å². The lowest BCUT2D eigenvalue weighted by molar-refractivity contribution is -0.690. The number of rotatable bonds is 11. The Morgan fingerprint density at radius 3 is 2.73 bits per heavy atom. The van der Waals surface area contributed by atoms with Crippen LogP contribution >= 0.6 is 34.9 Å². The Bertz CT molecular complexity index is 1590. The van der Waals surface area contributed by atoms with Crippen LogP contribution in [0.25, 0.3) is 0 Å². The summed E-state index contributed by atoms with van der Waals surface area (Å²) in [6.07, 6.45) is 4.88. The molecule has 44 heavy (non-hydrogen) atoms. The summed E-state index contributed by atoms with van der Waals surface area (Å²) in [6.45, 7) is 7.14. The van der Waals surface area contributed by atoms with E-state index in [4.69, 9.17) is 10.6 Å². The van der Waals surface area contributed by atoms with Gasteiger partial charge in [-0.25, -0.2) is 14.6 Å². The molecule has 5 heterocycles. The predicted octanol–water partition coefficient (Wildman–Crippen LogP) is 1.93. The maximum atomic E-state index is 13.3. The van der Waals surface area contributed by atoms with Gasteiger partial charge in [-0.15, -0.1) is 23.1 Å². The number of hydrogen-bond acceptors (Lipinski definition) is 12. The van der Waals surface area contributed by atoms with Crippen LogP contribution in [-0.4, -0.2) is 77.7 Å². The molecular weight excluding hydrogens is 631 g/mol. The third kappa shape index (κ3) is 6.34. The molecule has 3 aliphatic rings. The fraction of sp³-hybridized carbons (Fsp3) is 0.444. The Kier molecular flexibility index (Phi) is 8.82. The minimum atomic E-state index is -1.76. The molecule has 0 aromatic carbocycles. The number of nitrogen functional groups attached to an aromatic ring is 1. The zero-order valence-corrected chi connectivity index (χ0v) is 26.7. The van der Waals surface area contributed by atoms with Gasteiger partial charge in [-0.1, -0.05) is 30.8 Å². The molecule has 17 heteroatoms. The summed E-state index contributed by atoms with van der Waals surface area (Å²) in [5, 5.41) is 30.5. The molecule has 1 saturated heterocycles. The summed E-state index contributed by atoms with van der Waals surface area (Å²) in [5.41, 5.74) is 5.13. The van der Waals surface area contributed by atoms with Gasteiger partial charge < -0.3 is 31.4 Å². The number of carboxylic acids is 2. The van der Waals surface area contributed by atoms with Gasteiger partial charge in [-0.05, 0) is 26.2 Å². The lowest BCUT2D eigenvalue weighted by Crippen LogP contribution is -2.71. The quantitative estimate of drug-likeness (QED) is 0.102. The molecular formula is C27H32N7O7S3+. The summed E-state index contributed by atoms with van der Waals surface area (Å²) in [5.74, 6) is -3.12. The van der Waals surface area contributed by atoms with Crippen molar-refractivity contribution in [3.63, 3.8) is 0 Å². The van der Waals surface area contributed by atoms with E-state index in [1.54, 1.807) is 11.8 Å². The highest BCUT2D eigenvalue weighted by atomic mass is 32.2. The number of pyridine rings is 1. The van der Waals surface area contributed by atoms with Crippen molar-refractivity contribution in [2.24, 2.45) is 11.1 Å². The minimum absolute atomic E-state index is 0.0368. The van der Waals surface area contributed by atoms with Crippen molar-refractivity contribution in [3.8, 4) is 0 Å². The van der Waals surface area contributed by atoms with E-state index in [1.807, 2.05) is 23.0 Å². The molecule has 1 fully saturated rings. The van der Waals surface area contributed by atoms with Crippen molar-refractivity contribution in [1.29, 1.82) is 0 Å². The highest BCUT2D eigenvalue weighted by molar-refractivity contribution is 8.00. The van der Waals surface area contributed by atoms with Crippen molar-refractivity contribution >= 4 is 75.1 Å². The lowest BCUT2D eigenvalue weighted by atomic mass is 10.0. The van der Waals surface area contributed by atoms with E-state index in [9.17, 15) is 29.4 Å². The van der Waals surface area contributed by atoms with Crippen LogP contribution in [0.2, 0.25) is 0 Å². The molecule has 0 bridgehead atoms. The van der Waals surface area contributed by atoms with Crippen LogP contribution in [0.15, 0.2) is 45.2 Å². The van der Waals surface area contributed by atoms with Gasteiger partial charge in [0.15, 0.2) is 29.8 Å². The molecule has 14 nitrogen and oxygen atoms in total. The van der Waals surface area contributed by atoms with Crippen molar-refractivity contribution in [3.05, 3.63) is 40.8 Å². The van der Waals surface area contributed by atoms with E-state index in [0.29, 0.717) is 17.2 Å². The number of aromatic nitrogens is 2. The molecule has 2 unspecified atom stereocenters. The van der Waals surface area contributed by atoms with Crippen LogP contribution in [0, 0.1) is 5.92 Å². The Balaban J connectivity index is 1.32. The maximum absolute atomic E-state index is 13.3. The minimum Gasteiger partial charge on any atom is -0.478 e. The molecule has 6 N–H and O–H groups in total. The third-order valence-electron chi connectivity index (χ3n) is 7.02. The summed E-state index contributed by atoms with van der Waals surface area (Å²) in [4.78, 5) is 61.9. The number of nitrogens with two attached hydrogens (primary N) is 1. The van der Waals surface area contributed by atoms with Crippen LogP contribution in [0.4, 0.5) is 10.8 Å². The van der Waals surface area contributed by atoms with Gasteiger partial charge in [-0.3, -0.25) is 14.5 Å². The van der Waals surface area contributed by atoms with Crippen LogP contribution in [0.1, 0.15) is 39.8 Å². The smallest absolute Gasteiger partial charge is 0.352 e. The first-order valence-corrected chi connectivity index (χ1v) is 16.4. The number of thiazole rings is 1. The van der Waals surface area contributed by atoms with Gasteiger partial charge in [0.2, 0.25) is 5.60 Å². The average molecular weight is 663 g/mol. The van der Waals surface area contributed by atoms with E-state index in [2.05, 4.69) is 34.6 Å². The number of oxime groups is 1. The highest BCUT2D eigenvalue weighted by Crippen LogP contribution is 2.42. The molecule has 5 rings (SSSR count). The molecule has 2 aromatic rings. The average Bonchev–Trinajstić information content (AvgIpc) is 3.55. The number of aliphatic carboxylic acids is 2. The number of nitrogens with one attached hydrogen (secondary N) is 2. The first-order chi connectivity index (χ1) is 20.7. The van der Waals surface area contributed by atoms with Gasteiger partial charge in [0, 0.05) is 22.8 Å². The van der Waals surface area contributed by atoms with Crippen LogP contribution < -0.4 is 20.9 Å². The van der Waals surface area contributed by atoms with E-state index in [0.717, 1.165) is 28.3 Å². The second-order valence-corrected chi connectivity index (χ2v) is 14.6. The Morgan fingerprint density at radius 1 is 1.34 bits per heavy atom. The van der Waals surface area contributed by atoms with Gasteiger partial charge in [0.25, 0.3) is 11.8 Å². The molecule has 0 radical (unpaired) electrons. The second-order valence-electron chi connectivity index (χ2n) is 11.3. The van der Waals surface area contributed by atoms with Crippen LogP contribution in [0.5, 0.6) is 0 Å². The molecule has 3 aliphatic heterocycles. The first-order valence-electron chi connectivity index (χ1n) is 13.6. The van der Waals surface area contributed by atoms with E-state index < -0.39 is 40.8 Å². The normalized spacial score (nSPS) is 21.4. The van der Waals surface area contributed by atoms with Gasteiger partial charge in [-0.2, -0.15) is 4.57 Å². The molecule has 0 spiro atoms. The standard InChI is InChI=1S/C27H31N7O7S3/c1-12(2)7-17-29-14-5-6-33(9-16(14)44-17)8-13-10-42-23-19(22(36)34(23)20(13)24(37)38)31-21(35)18(15-11-43-26(28)30-15)32-41-27(3,4)25(39)40/h5-6,9,11-12,17,19,23H,7-8,10H2,1-4H3,(H5,28,30,31,35,37,38,39,40)/p+1/t17?,19?,23-/m1/s1. The number of β-lactam (4-membered cyclic amide) rings is 1. The number of carboxylic acid groups (broad SMARTS) is 2. The number of hydrogen-bond donors (Lipinski definition) is 5. The van der Waals surface area contributed by atoms with Gasteiger partial charge >= 0.3 is 11.9 Å². The van der Waals surface area contributed by atoms with Crippen molar-refractivity contribution in [1.82, 2.24) is 15.2 Å². The monoisotopic (exact) mass is 662 g/mol. The number of anilines is 2. The Hall–Kier alpha value is -3.83. The third-order valence-corrected chi connectivity index (χ3v) is 10.2. The summed E-state index contributed by atoms with van der Waals surface area (Å²) < 4.78 is 1.91. The SMILES string of the molecule is CC(C)CC1Nc2cc[n+](CC3=C(C(=O)O)N4C(=O)C(NC(=O)C(=NOC(C)(C)C(=O)O)c5csc(N)n5)[C@H]4SC3)cc2S1. The first kappa shape index (κ1) is 31.6. The number of carbonyl (C=O) groups excluding carboxylic acids is 2. The fourth-order valence-electron chi connectivity index (χ4n) is 4.75. The molecule has 2 amide bonds. The van der Waals surface area contributed by atoms with E-state index in [1.165, 1.54) is 35.9 Å². The largest absolute Gasteiger partial charge is 0.478 e. The number of amides is 2. The maximum Gasteiger partial charge on any atom is 0.352 e. The zero-order valence-electron chi connectivity index (χ0n) is 24.3. The van der Waals surface area contributed by atoms with Crippen molar-refractivity contribution in [2.45, 2.75) is 67.9 Å². The Morgan fingerprint density at radius 2 is 2.09 bits per heavy atom. The van der Waals surface area contributed by atoms with Crippen molar-refractivity contribution in [2.75, 3.05) is 16.8 Å². The fourth-order valence-corrected chi connectivity index (χ4v) is 8.06. The van der Waals surface area contributed by atoms with Gasteiger partial charge in [0.05, 0.1) is 16.0 Å². The molecule has 0 saturated carbocycles. The number of fused-ring (bicyclic) bond motifs is 2. The number of thioether (sulfide) groups is 2. The molecule has 0 aliphatic carbocycles. The van der Waals surface area contributed by atoms with Gasteiger partial charge in [0.1, 0.15) is 22.8 Å². The van der Waals surface area contributed by atoms with Crippen LogP contribution in [-0.2, 0) is 30.6 Å². The molecule has 3 atom stereocenters. The molecule has 2 aromatic heterocycles. The summed E-state index contributed by atoms with van der Waals surface area (Å²) in [6, 6.07) is 0.921. The zero-order chi connectivity index (χ0) is 31.9. The number of nitrogens with zero attached hydrogens (tertiary/aromatic N) is 4. The topological polar surface area (TPSA) is 200 Å². The molecule has 234 valence electrons. The second kappa shape index (κ2) is 12.3. The number of carbonyl (C=O) groups is 4. The predicted molar refractivity (Wildman–Crippen MR) is 165 cm³/mol. The van der Waals surface area contributed by atoms with E-state index in [-0.39, 0.29) is 34.2 Å². The lowest BCUT2D eigenvalue weighted by Gasteiger charge is -2.49. The highest BCUT2D eigenvalue weighted by Gasteiger charge is 2.55. The van der Waals surface area contributed by atoms with E-state index >= 15 is 0 Å². The Labute approximate surface area is 265 Å². The summed E-state index contributed by atoms with van der Waals surface area (Å²) in [7, 11) is 0. The summed E-state index contributed by atoms with van der Waals surface area (Å²) >= 11 is 4.12. The van der Waals surface area contributed by atoms with Crippen molar-refractivity contribution < 1.29 is 38.8 Å².